The monoisotopic (exact) mass is 216 g/mol. The lowest BCUT2D eigenvalue weighted by Crippen LogP contribution is -2.17. The quantitative estimate of drug-likeness (QED) is 0.838. The van der Waals surface area contributed by atoms with Crippen LogP contribution in [0.2, 0.25) is 0 Å². The van der Waals surface area contributed by atoms with Crippen molar-refractivity contribution < 1.29 is 0 Å². The molecule has 0 spiro atoms. The Kier molecular flexibility index (Phi) is 3.62. The zero-order valence-corrected chi connectivity index (χ0v) is 9.78. The zero-order valence-electron chi connectivity index (χ0n) is 9.78. The second-order valence-corrected chi connectivity index (χ2v) is 4.38. The van der Waals surface area contributed by atoms with E-state index in [9.17, 15) is 0 Å². The summed E-state index contributed by atoms with van der Waals surface area (Å²) in [6.45, 7) is 7.12. The summed E-state index contributed by atoms with van der Waals surface area (Å²) < 4.78 is 0. The molecule has 1 aliphatic heterocycles. The lowest BCUT2D eigenvalue weighted by Gasteiger charge is -2.18. The molecule has 0 amide bonds. The van der Waals surface area contributed by atoms with Gasteiger partial charge in [0.15, 0.2) is 0 Å². The molecule has 0 radical (unpaired) electrons. The van der Waals surface area contributed by atoms with E-state index in [1.165, 1.54) is 37.2 Å². The maximum Gasteiger partial charge on any atom is 0.0366 e. The molecule has 0 unspecified atom stereocenters. The molecule has 0 aromatic heterocycles. The molecule has 2 heteroatoms. The van der Waals surface area contributed by atoms with E-state index in [0.29, 0.717) is 6.54 Å². The second-order valence-electron chi connectivity index (χ2n) is 4.38. The van der Waals surface area contributed by atoms with Crippen molar-refractivity contribution in [2.75, 3.05) is 24.5 Å². The standard InChI is InChI=1S/C14H20N2/c1-12(8-9-15)13-4-6-14(7-5-13)16-10-2-3-11-16/h4-7H,1-3,8-11,15H2. The fourth-order valence-electron chi connectivity index (χ4n) is 2.20. The van der Waals surface area contributed by atoms with Crippen LogP contribution in [-0.2, 0) is 0 Å². The first-order valence-electron chi connectivity index (χ1n) is 6.04. The van der Waals surface area contributed by atoms with Crippen LogP contribution in [0.25, 0.3) is 5.57 Å². The minimum absolute atomic E-state index is 0.673. The molecule has 0 aliphatic carbocycles. The normalized spacial score (nSPS) is 15.4. The first-order valence-corrected chi connectivity index (χ1v) is 6.04. The third-order valence-corrected chi connectivity index (χ3v) is 3.19. The van der Waals surface area contributed by atoms with Crippen molar-refractivity contribution in [2.45, 2.75) is 19.3 Å². The van der Waals surface area contributed by atoms with E-state index < -0.39 is 0 Å². The van der Waals surface area contributed by atoms with Gasteiger partial charge in [0.05, 0.1) is 0 Å². The molecular weight excluding hydrogens is 196 g/mol. The predicted octanol–water partition coefficient (Wildman–Crippen LogP) is 2.65. The van der Waals surface area contributed by atoms with E-state index in [1.807, 2.05) is 0 Å². The van der Waals surface area contributed by atoms with Crippen molar-refractivity contribution in [3.63, 3.8) is 0 Å². The topological polar surface area (TPSA) is 29.3 Å². The van der Waals surface area contributed by atoms with Crippen molar-refractivity contribution >= 4 is 11.3 Å². The Bertz CT molecular complexity index is 348. The Balaban J connectivity index is 2.06. The molecule has 16 heavy (non-hydrogen) atoms. The highest BCUT2D eigenvalue weighted by Gasteiger charge is 2.11. The Morgan fingerprint density at radius 3 is 2.38 bits per heavy atom. The molecule has 0 atom stereocenters. The number of benzene rings is 1. The fourth-order valence-corrected chi connectivity index (χ4v) is 2.20. The predicted molar refractivity (Wildman–Crippen MR) is 70.6 cm³/mol. The van der Waals surface area contributed by atoms with Gasteiger partial charge in [-0.1, -0.05) is 18.7 Å². The van der Waals surface area contributed by atoms with Crippen LogP contribution in [-0.4, -0.2) is 19.6 Å². The van der Waals surface area contributed by atoms with E-state index in [4.69, 9.17) is 5.73 Å². The van der Waals surface area contributed by atoms with Crippen LogP contribution in [0.3, 0.4) is 0 Å². The van der Waals surface area contributed by atoms with Crippen LogP contribution in [0.1, 0.15) is 24.8 Å². The van der Waals surface area contributed by atoms with Crippen LogP contribution in [0, 0.1) is 0 Å². The second kappa shape index (κ2) is 5.17. The summed E-state index contributed by atoms with van der Waals surface area (Å²) in [7, 11) is 0. The van der Waals surface area contributed by atoms with E-state index in [1.54, 1.807) is 0 Å². The van der Waals surface area contributed by atoms with Gasteiger partial charge in [0, 0.05) is 18.8 Å². The van der Waals surface area contributed by atoms with Gasteiger partial charge in [-0.3, -0.25) is 0 Å². The van der Waals surface area contributed by atoms with Gasteiger partial charge in [0.1, 0.15) is 0 Å². The Hall–Kier alpha value is -1.28. The van der Waals surface area contributed by atoms with Crippen molar-refractivity contribution in [2.24, 2.45) is 5.73 Å². The van der Waals surface area contributed by atoms with E-state index in [-0.39, 0.29) is 0 Å². The van der Waals surface area contributed by atoms with Gasteiger partial charge in [-0.15, -0.1) is 0 Å². The third kappa shape index (κ3) is 2.45. The molecule has 0 bridgehead atoms. The summed E-state index contributed by atoms with van der Waals surface area (Å²) >= 11 is 0. The minimum Gasteiger partial charge on any atom is -0.372 e. The summed E-state index contributed by atoms with van der Waals surface area (Å²) in [5, 5.41) is 0. The molecule has 1 aromatic rings. The summed E-state index contributed by atoms with van der Waals surface area (Å²) in [6.07, 6.45) is 3.52. The van der Waals surface area contributed by atoms with Crippen LogP contribution in [0.4, 0.5) is 5.69 Å². The van der Waals surface area contributed by atoms with Crippen LogP contribution >= 0.6 is 0 Å². The SMILES string of the molecule is C=C(CCN)c1ccc(N2CCCC2)cc1. The third-order valence-electron chi connectivity index (χ3n) is 3.19. The van der Waals surface area contributed by atoms with Gasteiger partial charge >= 0.3 is 0 Å². The van der Waals surface area contributed by atoms with E-state index in [2.05, 4.69) is 35.7 Å². The highest BCUT2D eigenvalue weighted by atomic mass is 15.1. The van der Waals surface area contributed by atoms with Crippen molar-refractivity contribution in [3.05, 3.63) is 36.4 Å². The Morgan fingerprint density at radius 1 is 1.19 bits per heavy atom. The smallest absolute Gasteiger partial charge is 0.0366 e. The Labute approximate surface area is 97.8 Å². The molecule has 0 saturated carbocycles. The van der Waals surface area contributed by atoms with Crippen molar-refractivity contribution in [1.82, 2.24) is 0 Å². The lowest BCUT2D eigenvalue weighted by atomic mass is 10.0. The van der Waals surface area contributed by atoms with Gasteiger partial charge < -0.3 is 10.6 Å². The maximum atomic E-state index is 5.53. The lowest BCUT2D eigenvalue weighted by molar-refractivity contribution is 0.949. The number of nitrogens with zero attached hydrogens (tertiary/aromatic N) is 1. The molecular formula is C14H20N2. The average Bonchev–Trinajstić information content (AvgIpc) is 2.83. The molecule has 1 aliphatic rings. The summed E-state index contributed by atoms with van der Waals surface area (Å²) in [5.74, 6) is 0. The largest absolute Gasteiger partial charge is 0.372 e. The van der Waals surface area contributed by atoms with E-state index >= 15 is 0 Å². The molecule has 1 heterocycles. The van der Waals surface area contributed by atoms with Gasteiger partial charge in [0.25, 0.3) is 0 Å². The first kappa shape index (κ1) is 11.2. The van der Waals surface area contributed by atoms with Crippen molar-refractivity contribution in [3.8, 4) is 0 Å². The number of nitrogens with two attached hydrogens (primary N) is 1. The highest BCUT2D eigenvalue weighted by Crippen LogP contribution is 2.23. The molecule has 2 rings (SSSR count). The van der Waals surface area contributed by atoms with E-state index in [0.717, 1.165) is 12.0 Å². The fraction of sp³-hybridized carbons (Fsp3) is 0.429. The molecule has 1 fully saturated rings. The van der Waals surface area contributed by atoms with Gasteiger partial charge in [-0.25, -0.2) is 0 Å². The molecule has 1 aromatic carbocycles. The van der Waals surface area contributed by atoms with Crippen LogP contribution in [0.5, 0.6) is 0 Å². The van der Waals surface area contributed by atoms with Crippen molar-refractivity contribution in [1.29, 1.82) is 0 Å². The highest BCUT2D eigenvalue weighted by molar-refractivity contribution is 5.65. The summed E-state index contributed by atoms with van der Waals surface area (Å²) in [5.41, 5.74) is 9.21. The number of rotatable bonds is 4. The zero-order chi connectivity index (χ0) is 11.4. The molecule has 2 nitrogen and oxygen atoms in total. The number of anilines is 1. The number of hydrogen-bond donors (Lipinski definition) is 1. The molecule has 1 saturated heterocycles. The maximum absolute atomic E-state index is 5.53. The minimum atomic E-state index is 0.673. The number of hydrogen-bond acceptors (Lipinski definition) is 2. The molecule has 2 N–H and O–H groups in total. The van der Waals surface area contributed by atoms with Crippen LogP contribution in [0.15, 0.2) is 30.8 Å². The summed E-state index contributed by atoms with van der Waals surface area (Å²) in [6, 6.07) is 8.71. The Morgan fingerprint density at radius 2 is 1.81 bits per heavy atom. The summed E-state index contributed by atoms with van der Waals surface area (Å²) in [4.78, 5) is 2.44. The average molecular weight is 216 g/mol. The van der Waals surface area contributed by atoms with Gasteiger partial charge in [0.2, 0.25) is 0 Å². The first-order chi connectivity index (χ1) is 7.81. The van der Waals surface area contributed by atoms with Crippen LogP contribution < -0.4 is 10.6 Å². The molecule has 86 valence electrons. The van der Waals surface area contributed by atoms with Gasteiger partial charge in [-0.05, 0) is 49.1 Å². The van der Waals surface area contributed by atoms with Gasteiger partial charge in [-0.2, -0.15) is 0 Å².